The summed E-state index contributed by atoms with van der Waals surface area (Å²) in [4.78, 5) is 24.7. The quantitative estimate of drug-likeness (QED) is 0.390. The van der Waals surface area contributed by atoms with Gasteiger partial charge in [0.25, 0.3) is 0 Å². The van der Waals surface area contributed by atoms with Gasteiger partial charge in [0.05, 0.1) is 18.0 Å². The number of hydrogen-bond acceptors (Lipinski definition) is 4. The maximum absolute atomic E-state index is 12.9. The molecule has 1 aliphatic heterocycles. The van der Waals surface area contributed by atoms with Gasteiger partial charge in [0.2, 0.25) is 0 Å². The maximum atomic E-state index is 12.9. The summed E-state index contributed by atoms with van der Waals surface area (Å²) in [6, 6.07) is 23.4. The molecule has 1 amide bonds. The lowest BCUT2D eigenvalue weighted by Gasteiger charge is -2.14. The summed E-state index contributed by atoms with van der Waals surface area (Å²) in [5.74, 6) is -0.143. The molecule has 30 heavy (non-hydrogen) atoms. The minimum atomic E-state index is -3.48. The normalized spacial score (nSPS) is 16.7. The molecule has 0 saturated heterocycles. The van der Waals surface area contributed by atoms with Crippen molar-refractivity contribution in [2.75, 3.05) is 16.8 Å². The zero-order chi connectivity index (χ0) is 21.0. The van der Waals surface area contributed by atoms with Crippen LogP contribution in [0.1, 0.15) is 21.5 Å². The van der Waals surface area contributed by atoms with Crippen LogP contribution in [-0.2, 0) is 15.7 Å². The van der Waals surface area contributed by atoms with Gasteiger partial charge >= 0.3 is 13.7 Å². The van der Waals surface area contributed by atoms with Crippen LogP contribution in [0, 0.1) is 0 Å². The number of carbonyl (C=O) groups excluding carboxylic acids is 2. The number of benzene rings is 3. The Labute approximate surface area is 174 Å². The summed E-state index contributed by atoms with van der Waals surface area (Å²) in [5.41, 5.74) is 3.06. The van der Waals surface area contributed by atoms with Crippen LogP contribution in [0.5, 0.6) is 0 Å². The minimum absolute atomic E-state index is 0.143. The molecule has 3 aromatic carbocycles. The van der Waals surface area contributed by atoms with E-state index in [9.17, 15) is 14.2 Å². The molecule has 0 saturated carbocycles. The average Bonchev–Trinajstić information content (AvgIpc) is 3.09. The molecule has 0 aliphatic carbocycles. The molecule has 1 aliphatic rings. The van der Waals surface area contributed by atoms with Crippen molar-refractivity contribution in [1.82, 2.24) is 5.09 Å². The Balaban J connectivity index is 1.36. The summed E-state index contributed by atoms with van der Waals surface area (Å²) in [6.07, 6.45) is -0.229. The highest BCUT2D eigenvalue weighted by Gasteiger charge is 2.33. The van der Waals surface area contributed by atoms with Gasteiger partial charge < -0.3 is 14.9 Å². The van der Waals surface area contributed by atoms with Crippen LogP contribution >= 0.6 is 7.59 Å². The summed E-state index contributed by atoms with van der Waals surface area (Å²) >= 11 is 0. The highest BCUT2D eigenvalue weighted by atomic mass is 31.2. The molecule has 1 heterocycles. The van der Waals surface area contributed by atoms with Gasteiger partial charge in [-0.05, 0) is 23.8 Å². The summed E-state index contributed by atoms with van der Waals surface area (Å²) in [6.45, 7) is 0.165. The minimum Gasteiger partial charge on any atom is -0.449 e. The van der Waals surface area contributed by atoms with Gasteiger partial charge in [-0.2, -0.15) is 0 Å². The van der Waals surface area contributed by atoms with Crippen molar-refractivity contribution in [2.24, 2.45) is 0 Å². The molecule has 1 unspecified atom stereocenters. The van der Waals surface area contributed by atoms with E-state index in [1.807, 2.05) is 36.4 Å². The number of nitrogens with one attached hydrogen (secondary N) is 3. The molecular weight excluding hydrogens is 401 g/mol. The van der Waals surface area contributed by atoms with E-state index >= 15 is 0 Å². The Kier molecular flexibility index (Phi) is 5.55. The summed E-state index contributed by atoms with van der Waals surface area (Å²) < 4.78 is 18.1. The third-order valence-electron chi connectivity index (χ3n) is 4.59. The molecule has 0 bridgehead atoms. The van der Waals surface area contributed by atoms with Crippen LogP contribution in [-0.4, -0.2) is 18.5 Å². The second kappa shape index (κ2) is 8.43. The molecule has 0 aromatic heterocycles. The largest absolute Gasteiger partial charge is 0.449 e. The van der Waals surface area contributed by atoms with Gasteiger partial charge in [-0.25, -0.2) is 9.88 Å². The first kappa shape index (κ1) is 19.7. The number of amides is 1. The first-order valence-corrected chi connectivity index (χ1v) is 11.1. The van der Waals surface area contributed by atoms with Crippen molar-refractivity contribution >= 4 is 30.8 Å². The van der Waals surface area contributed by atoms with Crippen molar-refractivity contribution in [2.45, 2.75) is 6.42 Å². The number of carbonyl (C=O) groups is 2. The van der Waals surface area contributed by atoms with Crippen molar-refractivity contribution in [3.63, 3.8) is 0 Å². The fourth-order valence-corrected chi connectivity index (χ4v) is 4.67. The molecule has 3 aromatic rings. The van der Waals surface area contributed by atoms with Crippen molar-refractivity contribution in [3.05, 3.63) is 95.6 Å². The Morgan fingerprint density at radius 3 is 2.23 bits per heavy atom. The van der Waals surface area contributed by atoms with Crippen LogP contribution in [0.4, 0.5) is 16.2 Å². The highest BCUT2D eigenvalue weighted by Crippen LogP contribution is 2.51. The highest BCUT2D eigenvalue weighted by molar-refractivity contribution is 7.66. The van der Waals surface area contributed by atoms with Crippen molar-refractivity contribution in [1.29, 1.82) is 0 Å². The first-order chi connectivity index (χ1) is 14.5. The van der Waals surface area contributed by atoms with E-state index in [-0.39, 0.29) is 12.4 Å². The molecule has 3 N–H and O–H groups in total. The molecule has 152 valence electrons. The van der Waals surface area contributed by atoms with Crippen LogP contribution in [0.3, 0.4) is 0 Å². The molecule has 0 radical (unpaired) electrons. The fourth-order valence-electron chi connectivity index (χ4n) is 3.12. The second-order valence-electron chi connectivity index (χ2n) is 6.77. The molecule has 7 nitrogen and oxygen atoms in total. The standard InChI is InChI=1S/C22H20N3O4P/c26-21(17-9-5-2-6-10-17)18-11-12-19-20(15-18)24-30(28,23-19)25-22(27)29-14-13-16-7-3-1-4-8-16/h1-12,15H,13-14H2,(H3,23,24,25,27,28). The van der Waals surface area contributed by atoms with Crippen LogP contribution < -0.4 is 15.3 Å². The molecule has 0 fully saturated rings. The van der Waals surface area contributed by atoms with Crippen LogP contribution in [0.25, 0.3) is 0 Å². The molecule has 1 atom stereocenters. The van der Waals surface area contributed by atoms with E-state index in [0.717, 1.165) is 5.56 Å². The first-order valence-electron chi connectivity index (χ1n) is 9.42. The van der Waals surface area contributed by atoms with Gasteiger partial charge in [0.1, 0.15) is 0 Å². The van der Waals surface area contributed by atoms with E-state index < -0.39 is 13.7 Å². The van der Waals surface area contributed by atoms with Gasteiger partial charge in [-0.1, -0.05) is 60.7 Å². The van der Waals surface area contributed by atoms with E-state index in [4.69, 9.17) is 4.74 Å². The topological polar surface area (TPSA) is 96.5 Å². The zero-order valence-electron chi connectivity index (χ0n) is 16.0. The van der Waals surface area contributed by atoms with Crippen molar-refractivity contribution < 1.29 is 18.9 Å². The zero-order valence-corrected chi connectivity index (χ0v) is 16.9. The van der Waals surface area contributed by atoms with E-state index in [0.29, 0.717) is 28.9 Å². The summed E-state index contributed by atoms with van der Waals surface area (Å²) in [5, 5.41) is 7.91. The third kappa shape index (κ3) is 4.53. The molecule has 4 rings (SSSR count). The number of rotatable bonds is 6. The van der Waals surface area contributed by atoms with Crippen LogP contribution in [0.15, 0.2) is 78.9 Å². The lowest BCUT2D eigenvalue weighted by Crippen LogP contribution is -2.26. The number of ketones is 1. The van der Waals surface area contributed by atoms with E-state index in [2.05, 4.69) is 15.3 Å². The lowest BCUT2D eigenvalue weighted by molar-refractivity contribution is 0.103. The Bertz CT molecular complexity index is 1120. The van der Waals surface area contributed by atoms with E-state index in [1.165, 1.54) is 0 Å². The SMILES string of the molecule is O=C(NP1(=O)Nc2ccc(C(=O)c3ccccc3)cc2N1)OCCc1ccccc1. The summed E-state index contributed by atoms with van der Waals surface area (Å²) in [7, 11) is -3.48. The number of ether oxygens (including phenoxy) is 1. The van der Waals surface area contributed by atoms with Gasteiger partial charge in [-0.3, -0.25) is 9.36 Å². The van der Waals surface area contributed by atoms with Gasteiger partial charge in [0.15, 0.2) is 5.78 Å². The number of anilines is 2. The Hall–Kier alpha value is -3.57. The Morgan fingerprint density at radius 2 is 1.50 bits per heavy atom. The van der Waals surface area contributed by atoms with E-state index in [1.54, 1.807) is 42.5 Å². The Morgan fingerprint density at radius 1 is 0.833 bits per heavy atom. The molecule has 0 spiro atoms. The lowest BCUT2D eigenvalue weighted by atomic mass is 10.0. The molecule has 8 heteroatoms. The van der Waals surface area contributed by atoms with Gasteiger partial charge in [0, 0.05) is 17.5 Å². The average molecular weight is 421 g/mol. The molecular formula is C22H20N3O4P. The second-order valence-corrected chi connectivity index (χ2v) is 8.66. The predicted octanol–water partition coefficient (Wildman–Crippen LogP) is 4.83. The van der Waals surface area contributed by atoms with Gasteiger partial charge in [-0.15, -0.1) is 0 Å². The third-order valence-corrected chi connectivity index (χ3v) is 6.20. The maximum Gasteiger partial charge on any atom is 0.415 e. The van der Waals surface area contributed by atoms with Crippen molar-refractivity contribution in [3.8, 4) is 0 Å². The predicted molar refractivity (Wildman–Crippen MR) is 116 cm³/mol. The van der Waals surface area contributed by atoms with Crippen LogP contribution in [0.2, 0.25) is 0 Å². The smallest absolute Gasteiger partial charge is 0.415 e. The fraction of sp³-hybridized carbons (Fsp3) is 0.0909. The number of hydrogen-bond donors (Lipinski definition) is 3. The monoisotopic (exact) mass is 421 g/mol. The number of fused-ring (bicyclic) bond motifs is 1.